The van der Waals surface area contributed by atoms with Gasteiger partial charge in [0.1, 0.15) is 6.07 Å². The molecule has 0 radical (unpaired) electrons. The van der Waals surface area contributed by atoms with E-state index in [1.54, 1.807) is 0 Å². The maximum atomic E-state index is 12.9. The first-order chi connectivity index (χ1) is 13.7. The van der Waals surface area contributed by atoms with Gasteiger partial charge in [-0.05, 0) is 24.3 Å². The second kappa shape index (κ2) is 4.92. The summed E-state index contributed by atoms with van der Waals surface area (Å²) in [6.45, 7) is 0. The molecular weight excluding hydrogens is 354 g/mol. The van der Waals surface area contributed by atoms with E-state index in [1.807, 2.05) is 64.5 Å². The zero-order valence-corrected chi connectivity index (χ0v) is 14.7. The molecule has 0 saturated heterocycles. The quantitative estimate of drug-likeness (QED) is 0.412. The van der Waals surface area contributed by atoms with E-state index in [4.69, 9.17) is 0 Å². The lowest BCUT2D eigenvalue weighted by Gasteiger charge is -2.05. The van der Waals surface area contributed by atoms with Gasteiger partial charge in [-0.25, -0.2) is 19.2 Å². The Morgan fingerprint density at radius 1 is 0.857 bits per heavy atom. The van der Waals surface area contributed by atoms with Crippen LogP contribution >= 0.6 is 0 Å². The van der Waals surface area contributed by atoms with Crippen LogP contribution in [-0.4, -0.2) is 28.3 Å². The normalized spacial score (nSPS) is 11.9. The summed E-state index contributed by atoms with van der Waals surface area (Å²) in [5.74, 6) is 0. The fourth-order valence-electron chi connectivity index (χ4n) is 3.96. The summed E-state index contributed by atoms with van der Waals surface area (Å²) < 4.78 is 5.15. The SMILES string of the molecule is Cn1c2ccccc2n2c3nc(=O)n4c5ccccc5nc4c3nc(C#N)c12. The Balaban J connectivity index is 2.00. The third-order valence-electron chi connectivity index (χ3n) is 5.14. The van der Waals surface area contributed by atoms with Gasteiger partial charge in [-0.1, -0.05) is 24.3 Å². The molecule has 8 nitrogen and oxygen atoms in total. The Kier molecular flexibility index (Phi) is 2.62. The predicted molar refractivity (Wildman–Crippen MR) is 104 cm³/mol. The minimum atomic E-state index is -0.426. The Hall–Kier alpha value is -4.25. The molecule has 4 aromatic heterocycles. The third kappa shape index (κ3) is 1.63. The molecule has 0 amide bonds. The van der Waals surface area contributed by atoms with E-state index in [2.05, 4.69) is 21.0 Å². The maximum absolute atomic E-state index is 12.9. The minimum Gasteiger partial charge on any atom is -0.326 e. The first kappa shape index (κ1) is 14.9. The summed E-state index contributed by atoms with van der Waals surface area (Å²) >= 11 is 0. The van der Waals surface area contributed by atoms with Crippen LogP contribution in [0.2, 0.25) is 0 Å². The highest BCUT2D eigenvalue weighted by molar-refractivity contribution is 5.96. The van der Waals surface area contributed by atoms with Crippen LogP contribution in [0, 0.1) is 11.3 Å². The summed E-state index contributed by atoms with van der Waals surface area (Å²) in [4.78, 5) is 26.4. The molecule has 8 heteroatoms. The third-order valence-corrected chi connectivity index (χ3v) is 5.14. The van der Waals surface area contributed by atoms with Gasteiger partial charge in [0, 0.05) is 7.05 Å². The van der Waals surface area contributed by atoms with Crippen LogP contribution in [-0.2, 0) is 7.05 Å². The molecule has 6 rings (SSSR count). The molecule has 2 aromatic carbocycles. The smallest absolute Gasteiger partial charge is 0.326 e. The molecule has 6 aromatic rings. The number of benzene rings is 2. The molecule has 0 spiro atoms. The van der Waals surface area contributed by atoms with Crippen molar-refractivity contribution in [3.05, 3.63) is 64.7 Å². The molecule has 0 aliphatic rings. The zero-order chi connectivity index (χ0) is 19.0. The van der Waals surface area contributed by atoms with Crippen molar-refractivity contribution >= 4 is 44.5 Å². The van der Waals surface area contributed by atoms with Crippen molar-refractivity contribution in [2.24, 2.45) is 7.05 Å². The molecule has 0 atom stereocenters. The number of rotatable bonds is 0. The van der Waals surface area contributed by atoms with Crippen molar-refractivity contribution in [3.8, 4) is 6.07 Å². The van der Waals surface area contributed by atoms with Gasteiger partial charge in [0.2, 0.25) is 0 Å². The van der Waals surface area contributed by atoms with Crippen LogP contribution in [0.3, 0.4) is 0 Å². The first-order valence-corrected chi connectivity index (χ1v) is 8.66. The van der Waals surface area contributed by atoms with Gasteiger partial charge in [-0.3, -0.25) is 4.40 Å². The lowest BCUT2D eigenvalue weighted by Crippen LogP contribution is -2.18. The molecule has 132 valence electrons. The molecule has 0 aliphatic heterocycles. The van der Waals surface area contributed by atoms with Crippen LogP contribution in [0.1, 0.15) is 5.69 Å². The highest BCUT2D eigenvalue weighted by Crippen LogP contribution is 2.27. The summed E-state index contributed by atoms with van der Waals surface area (Å²) in [5, 5.41) is 9.76. The van der Waals surface area contributed by atoms with Crippen molar-refractivity contribution in [3.63, 3.8) is 0 Å². The average molecular weight is 365 g/mol. The maximum Gasteiger partial charge on any atom is 0.356 e. The first-order valence-electron chi connectivity index (χ1n) is 8.66. The number of para-hydroxylation sites is 4. The number of imidazole rings is 2. The van der Waals surface area contributed by atoms with Crippen molar-refractivity contribution in [1.82, 2.24) is 28.3 Å². The summed E-state index contributed by atoms with van der Waals surface area (Å²) in [6, 6.07) is 17.3. The van der Waals surface area contributed by atoms with Crippen LogP contribution in [0.4, 0.5) is 0 Å². The number of hydrogen-bond acceptors (Lipinski definition) is 5. The number of nitrogens with zero attached hydrogens (tertiary/aromatic N) is 7. The van der Waals surface area contributed by atoms with E-state index in [1.165, 1.54) is 4.40 Å². The van der Waals surface area contributed by atoms with Gasteiger partial charge >= 0.3 is 5.69 Å². The molecule has 0 bridgehead atoms. The van der Waals surface area contributed by atoms with E-state index in [-0.39, 0.29) is 5.69 Å². The van der Waals surface area contributed by atoms with E-state index in [0.29, 0.717) is 33.5 Å². The number of nitriles is 1. The van der Waals surface area contributed by atoms with E-state index in [9.17, 15) is 10.1 Å². The molecule has 4 heterocycles. The zero-order valence-electron chi connectivity index (χ0n) is 14.7. The van der Waals surface area contributed by atoms with Crippen LogP contribution in [0.15, 0.2) is 53.3 Å². The highest BCUT2D eigenvalue weighted by Gasteiger charge is 2.21. The Morgan fingerprint density at radius 3 is 2.32 bits per heavy atom. The molecule has 0 saturated carbocycles. The van der Waals surface area contributed by atoms with E-state index >= 15 is 0 Å². The van der Waals surface area contributed by atoms with Gasteiger partial charge in [0.05, 0.1) is 22.1 Å². The average Bonchev–Trinajstić information content (AvgIpc) is 3.25. The van der Waals surface area contributed by atoms with Crippen LogP contribution in [0.25, 0.3) is 44.5 Å². The number of fused-ring (bicyclic) bond motifs is 9. The van der Waals surface area contributed by atoms with E-state index in [0.717, 1.165) is 11.0 Å². The fraction of sp³-hybridized carbons (Fsp3) is 0.0500. The molecular formula is C20H11N7O. The van der Waals surface area contributed by atoms with E-state index < -0.39 is 5.69 Å². The molecule has 0 N–H and O–H groups in total. The Morgan fingerprint density at radius 2 is 1.54 bits per heavy atom. The highest BCUT2D eigenvalue weighted by atomic mass is 16.1. The standard InChI is InChI=1S/C20H11N7O/c1-25-14-8-4-5-9-15(14)26-18-16(22-12(10-21)19(25)26)17-23-11-6-2-3-7-13(11)27(17)20(28)24-18/h2-9H,1H3. The Labute approximate surface area is 156 Å². The van der Waals surface area contributed by atoms with Gasteiger partial charge in [0.25, 0.3) is 0 Å². The summed E-state index contributed by atoms with van der Waals surface area (Å²) in [5.41, 5.74) is 4.72. The second-order valence-electron chi connectivity index (χ2n) is 6.61. The number of aromatic nitrogens is 6. The van der Waals surface area contributed by atoms with Crippen molar-refractivity contribution in [2.45, 2.75) is 0 Å². The van der Waals surface area contributed by atoms with Crippen LogP contribution < -0.4 is 5.69 Å². The topological polar surface area (TPSA) is 93.3 Å². The summed E-state index contributed by atoms with van der Waals surface area (Å²) in [6.07, 6.45) is 0. The van der Waals surface area contributed by atoms with Gasteiger partial charge in [-0.2, -0.15) is 10.2 Å². The molecule has 0 aliphatic carbocycles. The number of hydrogen-bond donors (Lipinski definition) is 0. The monoisotopic (exact) mass is 365 g/mol. The van der Waals surface area contributed by atoms with Gasteiger partial charge in [-0.15, -0.1) is 0 Å². The fourth-order valence-corrected chi connectivity index (χ4v) is 3.96. The largest absolute Gasteiger partial charge is 0.356 e. The Bertz CT molecular complexity index is 1710. The van der Waals surface area contributed by atoms with Gasteiger partial charge in [0.15, 0.2) is 28.2 Å². The van der Waals surface area contributed by atoms with Gasteiger partial charge < -0.3 is 4.57 Å². The predicted octanol–water partition coefficient (Wildman–Crippen LogP) is 2.41. The van der Waals surface area contributed by atoms with Crippen LogP contribution in [0.5, 0.6) is 0 Å². The number of aryl methyl sites for hydroxylation is 1. The molecule has 0 unspecified atom stereocenters. The van der Waals surface area contributed by atoms with Crippen molar-refractivity contribution in [1.29, 1.82) is 5.26 Å². The molecule has 0 fully saturated rings. The second-order valence-corrected chi connectivity index (χ2v) is 6.61. The van der Waals surface area contributed by atoms with Crippen molar-refractivity contribution in [2.75, 3.05) is 0 Å². The lowest BCUT2D eigenvalue weighted by atomic mass is 10.3. The lowest BCUT2D eigenvalue weighted by molar-refractivity contribution is 0.964. The minimum absolute atomic E-state index is 0.251. The molecule has 28 heavy (non-hydrogen) atoms. The van der Waals surface area contributed by atoms with Crippen molar-refractivity contribution < 1.29 is 0 Å². The summed E-state index contributed by atoms with van der Waals surface area (Å²) in [7, 11) is 1.87.